The fourth-order valence-electron chi connectivity index (χ4n) is 2.02. The van der Waals surface area contributed by atoms with E-state index in [4.69, 9.17) is 11.6 Å². The molecule has 0 aromatic heterocycles. The Labute approximate surface area is 104 Å². The molecule has 0 bridgehead atoms. The smallest absolute Gasteiger partial charge is 0.0406 e. The van der Waals surface area contributed by atoms with E-state index in [1.165, 1.54) is 24.8 Å². The molecule has 1 aromatic carbocycles. The zero-order valence-electron chi connectivity index (χ0n) is 10.5. The third kappa shape index (κ3) is 3.50. The molecule has 0 aliphatic heterocycles. The van der Waals surface area contributed by atoms with Gasteiger partial charge in [-0.1, -0.05) is 44.5 Å². The van der Waals surface area contributed by atoms with Crippen molar-refractivity contribution < 1.29 is 0 Å². The predicted molar refractivity (Wildman–Crippen MR) is 71.9 cm³/mol. The van der Waals surface area contributed by atoms with Crippen molar-refractivity contribution >= 4 is 11.6 Å². The van der Waals surface area contributed by atoms with Crippen molar-refractivity contribution in [3.8, 4) is 0 Å². The summed E-state index contributed by atoms with van der Waals surface area (Å²) in [5.74, 6) is 0. The van der Waals surface area contributed by atoms with Crippen LogP contribution in [0.15, 0.2) is 24.3 Å². The van der Waals surface area contributed by atoms with E-state index >= 15 is 0 Å². The minimum Gasteiger partial charge on any atom is -0.307 e. The highest BCUT2D eigenvalue weighted by Gasteiger charge is 2.22. The summed E-state index contributed by atoms with van der Waals surface area (Å²) in [6, 6.07) is 8.07. The summed E-state index contributed by atoms with van der Waals surface area (Å²) in [5, 5.41) is 4.48. The van der Waals surface area contributed by atoms with E-state index in [2.05, 4.69) is 38.2 Å². The van der Waals surface area contributed by atoms with Crippen LogP contribution in [0.3, 0.4) is 0 Å². The molecule has 0 aliphatic rings. The maximum Gasteiger partial charge on any atom is 0.0406 e. The Hall–Kier alpha value is -0.530. The molecule has 0 atom stereocenters. The summed E-state index contributed by atoms with van der Waals surface area (Å²) >= 11 is 5.86. The highest BCUT2D eigenvalue weighted by atomic mass is 35.5. The lowest BCUT2D eigenvalue weighted by atomic mass is 9.89. The molecule has 0 saturated carbocycles. The van der Waals surface area contributed by atoms with Crippen LogP contribution in [0.25, 0.3) is 0 Å². The molecular formula is C14H22ClN. The summed E-state index contributed by atoms with van der Waals surface area (Å²) in [6.07, 6.45) is 3.52. The van der Waals surface area contributed by atoms with E-state index in [9.17, 15) is 0 Å². The molecule has 90 valence electrons. The quantitative estimate of drug-likeness (QED) is 0.776. The maximum absolute atomic E-state index is 5.86. The normalized spacial score (nSPS) is 11.8. The highest BCUT2D eigenvalue weighted by Crippen LogP contribution is 2.20. The third-order valence-corrected chi connectivity index (χ3v) is 3.86. The van der Waals surface area contributed by atoms with Gasteiger partial charge in [0.1, 0.15) is 0 Å². The van der Waals surface area contributed by atoms with Crippen molar-refractivity contribution in [1.82, 2.24) is 5.32 Å². The molecular weight excluding hydrogens is 218 g/mol. The van der Waals surface area contributed by atoms with E-state index < -0.39 is 0 Å². The van der Waals surface area contributed by atoms with Gasteiger partial charge in [0, 0.05) is 17.1 Å². The molecule has 0 radical (unpaired) electrons. The van der Waals surface area contributed by atoms with Crippen molar-refractivity contribution in [1.29, 1.82) is 0 Å². The summed E-state index contributed by atoms with van der Waals surface area (Å²) in [6.45, 7) is 7.68. The molecule has 0 unspecified atom stereocenters. The molecule has 1 N–H and O–H groups in total. The van der Waals surface area contributed by atoms with E-state index in [1.54, 1.807) is 0 Å². The van der Waals surface area contributed by atoms with Gasteiger partial charge in [-0.2, -0.15) is 0 Å². The largest absolute Gasteiger partial charge is 0.307 e. The standard InChI is InChI=1S/C14H22ClN/c1-4-14(5-2,6-3)16-11-12-7-9-13(15)10-8-12/h7-10,16H,4-6,11H2,1-3H3. The second-order valence-electron chi connectivity index (χ2n) is 4.32. The molecule has 2 heteroatoms. The Balaban J connectivity index is 2.58. The lowest BCUT2D eigenvalue weighted by Gasteiger charge is -2.32. The van der Waals surface area contributed by atoms with Crippen molar-refractivity contribution in [3.05, 3.63) is 34.9 Å². The van der Waals surface area contributed by atoms with Crippen LogP contribution in [-0.2, 0) is 6.54 Å². The molecule has 0 saturated heterocycles. The molecule has 0 heterocycles. The van der Waals surface area contributed by atoms with Gasteiger partial charge in [-0.3, -0.25) is 0 Å². The number of halogens is 1. The molecule has 1 nitrogen and oxygen atoms in total. The monoisotopic (exact) mass is 239 g/mol. The third-order valence-electron chi connectivity index (χ3n) is 3.61. The minimum absolute atomic E-state index is 0.291. The molecule has 1 rings (SSSR count). The second kappa shape index (κ2) is 6.27. The Morgan fingerprint density at radius 3 is 1.94 bits per heavy atom. The van der Waals surface area contributed by atoms with Gasteiger partial charge in [-0.05, 0) is 37.0 Å². The average Bonchev–Trinajstić information content (AvgIpc) is 2.34. The minimum atomic E-state index is 0.291. The van der Waals surface area contributed by atoms with Crippen LogP contribution in [0.2, 0.25) is 5.02 Å². The molecule has 0 fully saturated rings. The zero-order chi connectivity index (χ0) is 12.0. The maximum atomic E-state index is 5.86. The van der Waals surface area contributed by atoms with Gasteiger partial charge in [-0.25, -0.2) is 0 Å². The number of nitrogens with one attached hydrogen (secondary N) is 1. The average molecular weight is 240 g/mol. The fourth-order valence-corrected chi connectivity index (χ4v) is 2.14. The van der Waals surface area contributed by atoms with E-state index in [1.807, 2.05) is 12.1 Å². The van der Waals surface area contributed by atoms with Crippen LogP contribution in [0.1, 0.15) is 45.6 Å². The van der Waals surface area contributed by atoms with Crippen LogP contribution >= 0.6 is 11.6 Å². The second-order valence-corrected chi connectivity index (χ2v) is 4.76. The Kier molecular flexibility index (Phi) is 5.30. The van der Waals surface area contributed by atoms with Crippen LogP contribution in [0, 0.1) is 0 Å². The molecule has 0 aliphatic carbocycles. The molecule has 16 heavy (non-hydrogen) atoms. The number of hydrogen-bond acceptors (Lipinski definition) is 1. The van der Waals surface area contributed by atoms with Gasteiger partial charge in [0.05, 0.1) is 0 Å². The van der Waals surface area contributed by atoms with Crippen molar-refractivity contribution in [2.75, 3.05) is 0 Å². The first-order chi connectivity index (χ1) is 7.65. The Morgan fingerprint density at radius 2 is 1.50 bits per heavy atom. The van der Waals surface area contributed by atoms with Crippen molar-refractivity contribution in [2.45, 2.75) is 52.1 Å². The van der Waals surface area contributed by atoms with Gasteiger partial charge < -0.3 is 5.32 Å². The van der Waals surface area contributed by atoms with Gasteiger partial charge in [0.15, 0.2) is 0 Å². The van der Waals surface area contributed by atoms with Crippen molar-refractivity contribution in [3.63, 3.8) is 0 Å². The SMILES string of the molecule is CCC(CC)(CC)NCc1ccc(Cl)cc1. The van der Waals surface area contributed by atoms with Crippen LogP contribution in [-0.4, -0.2) is 5.54 Å². The van der Waals surface area contributed by atoms with Crippen LogP contribution in [0.5, 0.6) is 0 Å². The molecule has 0 amide bonds. The molecule has 0 spiro atoms. The van der Waals surface area contributed by atoms with Crippen LogP contribution in [0.4, 0.5) is 0 Å². The first-order valence-corrected chi connectivity index (χ1v) is 6.53. The van der Waals surface area contributed by atoms with Gasteiger partial charge in [-0.15, -0.1) is 0 Å². The molecule has 1 aromatic rings. The number of rotatable bonds is 6. The van der Waals surface area contributed by atoms with Crippen molar-refractivity contribution in [2.24, 2.45) is 0 Å². The van der Waals surface area contributed by atoms with Gasteiger partial charge >= 0.3 is 0 Å². The van der Waals surface area contributed by atoms with Gasteiger partial charge in [0.2, 0.25) is 0 Å². The lowest BCUT2D eigenvalue weighted by molar-refractivity contribution is 0.288. The Bertz CT molecular complexity index is 293. The number of hydrogen-bond donors (Lipinski definition) is 1. The summed E-state index contributed by atoms with van der Waals surface area (Å²) in [4.78, 5) is 0. The first kappa shape index (κ1) is 13.5. The topological polar surface area (TPSA) is 12.0 Å². The Morgan fingerprint density at radius 1 is 1.00 bits per heavy atom. The first-order valence-electron chi connectivity index (χ1n) is 6.15. The summed E-state index contributed by atoms with van der Waals surface area (Å²) < 4.78 is 0. The fraction of sp³-hybridized carbons (Fsp3) is 0.571. The highest BCUT2D eigenvalue weighted by molar-refractivity contribution is 6.30. The van der Waals surface area contributed by atoms with Crippen LogP contribution < -0.4 is 5.32 Å². The number of benzene rings is 1. The zero-order valence-corrected chi connectivity index (χ0v) is 11.3. The summed E-state index contributed by atoms with van der Waals surface area (Å²) in [7, 11) is 0. The summed E-state index contributed by atoms with van der Waals surface area (Å²) in [5.41, 5.74) is 1.59. The van der Waals surface area contributed by atoms with Gasteiger partial charge in [0.25, 0.3) is 0 Å². The van der Waals surface area contributed by atoms with E-state index in [0.29, 0.717) is 5.54 Å². The van der Waals surface area contributed by atoms with E-state index in [-0.39, 0.29) is 0 Å². The predicted octanol–water partition coefficient (Wildman–Crippen LogP) is 4.40. The lowest BCUT2D eigenvalue weighted by Crippen LogP contribution is -2.43. The van der Waals surface area contributed by atoms with E-state index in [0.717, 1.165) is 11.6 Å².